The molecule has 4 heteroatoms. The van der Waals surface area contributed by atoms with Crippen molar-refractivity contribution in [3.63, 3.8) is 0 Å². The maximum Gasteiger partial charge on any atom is 0.336 e. The number of nitrogens with one attached hydrogen (secondary N) is 1. The molecule has 0 radical (unpaired) electrons. The third kappa shape index (κ3) is 14.6. The zero-order valence-corrected chi connectivity index (χ0v) is 28.3. The summed E-state index contributed by atoms with van der Waals surface area (Å²) in [5.41, 5.74) is -1.22. The molecule has 0 bridgehead atoms. The predicted molar refractivity (Wildman–Crippen MR) is 176 cm³/mol. The lowest BCUT2D eigenvalue weighted by Gasteiger charge is -2.52. The summed E-state index contributed by atoms with van der Waals surface area (Å²) in [5.74, 6) is -0.674. The summed E-state index contributed by atoms with van der Waals surface area (Å²) in [4.78, 5) is 13.1. The second-order valence-electron chi connectivity index (χ2n) is 15.3. The number of ether oxygens (including phenoxy) is 1. The van der Waals surface area contributed by atoms with Crippen LogP contribution < -0.4 is 5.32 Å². The number of rotatable bonds is 23. The fourth-order valence-electron chi connectivity index (χ4n) is 8.11. The molecule has 41 heavy (non-hydrogen) atoms. The Kier molecular flexibility index (Phi) is 17.5. The number of piperidine rings is 1. The molecule has 0 aromatic heterocycles. The number of carboxylic acid groups (broad SMARTS) is 1. The normalized spacial score (nSPS) is 21.1. The standard InChI is InChI=1S/C37H71NO3/c1-6-7-8-9-10-11-12-13-14-15-16-17-18-19-20-21-22-26-29-37(34(39)40,41-33-27-24-23-25-28-33)32-30-35(2,3)38-36(4,5)31-32/h32-33,38H,6-31H2,1-5H3,(H,39,40). The Bertz CT molecular complexity index is 668. The summed E-state index contributed by atoms with van der Waals surface area (Å²) in [7, 11) is 0. The molecule has 2 rings (SSSR count). The molecule has 0 aromatic carbocycles. The summed E-state index contributed by atoms with van der Waals surface area (Å²) in [5, 5.41) is 14.5. The molecule has 1 aliphatic heterocycles. The minimum atomic E-state index is -1.05. The van der Waals surface area contributed by atoms with E-state index in [9.17, 15) is 9.90 Å². The van der Waals surface area contributed by atoms with Gasteiger partial charge in [0.2, 0.25) is 0 Å². The molecule has 1 atom stereocenters. The van der Waals surface area contributed by atoms with Crippen LogP contribution in [0.1, 0.15) is 202 Å². The predicted octanol–water partition coefficient (Wildman–Crippen LogP) is 11.1. The quantitative estimate of drug-likeness (QED) is 0.119. The monoisotopic (exact) mass is 578 g/mol. The molecule has 2 fully saturated rings. The first-order chi connectivity index (χ1) is 19.6. The van der Waals surface area contributed by atoms with Crippen LogP contribution in [-0.4, -0.2) is 33.9 Å². The Hall–Kier alpha value is -0.610. The highest BCUT2D eigenvalue weighted by Gasteiger charge is 2.53. The number of carbonyl (C=O) groups is 1. The van der Waals surface area contributed by atoms with E-state index in [0.29, 0.717) is 6.42 Å². The van der Waals surface area contributed by atoms with Gasteiger partial charge in [-0.15, -0.1) is 0 Å². The number of hydrogen-bond donors (Lipinski definition) is 2. The van der Waals surface area contributed by atoms with Crippen molar-refractivity contribution >= 4 is 5.97 Å². The lowest BCUT2D eigenvalue weighted by Crippen LogP contribution is -2.64. The van der Waals surface area contributed by atoms with Gasteiger partial charge in [0.15, 0.2) is 5.60 Å². The fraction of sp³-hybridized carbons (Fsp3) is 0.973. The van der Waals surface area contributed by atoms with E-state index in [-0.39, 0.29) is 23.1 Å². The number of hydrogen-bond acceptors (Lipinski definition) is 3. The van der Waals surface area contributed by atoms with Gasteiger partial charge in [0.1, 0.15) is 0 Å². The van der Waals surface area contributed by atoms with Gasteiger partial charge in [-0.1, -0.05) is 135 Å². The molecule has 4 nitrogen and oxygen atoms in total. The van der Waals surface area contributed by atoms with Crippen molar-refractivity contribution in [2.24, 2.45) is 5.92 Å². The zero-order chi connectivity index (χ0) is 30.0. The van der Waals surface area contributed by atoms with E-state index < -0.39 is 11.6 Å². The van der Waals surface area contributed by atoms with Gasteiger partial charge in [0.25, 0.3) is 0 Å². The van der Waals surface area contributed by atoms with Crippen molar-refractivity contribution in [1.29, 1.82) is 0 Å². The first kappa shape index (κ1) is 36.6. The highest BCUT2D eigenvalue weighted by molar-refractivity contribution is 5.78. The van der Waals surface area contributed by atoms with Gasteiger partial charge in [-0.05, 0) is 66.2 Å². The van der Waals surface area contributed by atoms with Crippen LogP contribution in [-0.2, 0) is 9.53 Å². The molecule has 1 aliphatic carbocycles. The van der Waals surface area contributed by atoms with Gasteiger partial charge in [-0.3, -0.25) is 0 Å². The molecule has 242 valence electrons. The molecular formula is C37H71NO3. The second-order valence-corrected chi connectivity index (χ2v) is 15.3. The summed E-state index contributed by atoms with van der Waals surface area (Å²) in [6.45, 7) is 11.2. The maximum absolute atomic E-state index is 13.1. The highest BCUT2D eigenvalue weighted by atomic mass is 16.5. The van der Waals surface area contributed by atoms with Crippen molar-refractivity contribution in [2.75, 3.05) is 0 Å². The van der Waals surface area contributed by atoms with E-state index in [1.165, 1.54) is 122 Å². The van der Waals surface area contributed by atoms with Gasteiger partial charge in [-0.25, -0.2) is 4.79 Å². The molecule has 1 unspecified atom stereocenters. The number of unbranched alkanes of at least 4 members (excludes halogenated alkanes) is 17. The van der Waals surface area contributed by atoms with Crippen LogP contribution >= 0.6 is 0 Å². The summed E-state index contributed by atoms with van der Waals surface area (Å²) < 4.78 is 6.77. The molecule has 0 spiro atoms. The maximum atomic E-state index is 13.1. The molecule has 1 saturated carbocycles. The fourth-order valence-corrected chi connectivity index (χ4v) is 8.11. The van der Waals surface area contributed by atoms with Crippen LogP contribution in [0, 0.1) is 5.92 Å². The van der Waals surface area contributed by atoms with Gasteiger partial charge < -0.3 is 15.2 Å². The second kappa shape index (κ2) is 19.6. The lowest BCUT2D eigenvalue weighted by molar-refractivity contribution is -0.197. The Balaban J connectivity index is 1.67. The van der Waals surface area contributed by atoms with Crippen molar-refractivity contribution in [3.05, 3.63) is 0 Å². The van der Waals surface area contributed by atoms with E-state index in [1.807, 2.05) is 0 Å². The van der Waals surface area contributed by atoms with Crippen molar-refractivity contribution in [2.45, 2.75) is 224 Å². The largest absolute Gasteiger partial charge is 0.479 e. The lowest BCUT2D eigenvalue weighted by atomic mass is 9.67. The molecule has 1 saturated heterocycles. The Morgan fingerprint density at radius 3 is 1.46 bits per heavy atom. The van der Waals surface area contributed by atoms with Crippen molar-refractivity contribution in [3.8, 4) is 0 Å². The van der Waals surface area contributed by atoms with Crippen LogP contribution in [0.3, 0.4) is 0 Å². The third-order valence-corrected chi connectivity index (χ3v) is 10.0. The number of aliphatic carboxylic acids is 1. The Morgan fingerprint density at radius 1 is 0.683 bits per heavy atom. The van der Waals surface area contributed by atoms with E-state index in [0.717, 1.165) is 38.5 Å². The molecule has 1 heterocycles. The topological polar surface area (TPSA) is 58.6 Å². The Morgan fingerprint density at radius 2 is 1.07 bits per heavy atom. The molecule has 0 aromatic rings. The summed E-state index contributed by atoms with van der Waals surface area (Å²) in [6.07, 6.45) is 32.4. The SMILES string of the molecule is CCCCCCCCCCCCCCCCCCCCC(OC1CCCCC1)(C(=O)O)C1CC(C)(C)NC(C)(C)C1. The highest BCUT2D eigenvalue weighted by Crippen LogP contribution is 2.44. The van der Waals surface area contributed by atoms with Crippen LogP contribution in [0.25, 0.3) is 0 Å². The summed E-state index contributed by atoms with van der Waals surface area (Å²) in [6, 6.07) is 0. The van der Waals surface area contributed by atoms with Crippen LogP contribution in [0.4, 0.5) is 0 Å². The number of carboxylic acids is 1. The van der Waals surface area contributed by atoms with Gasteiger partial charge in [-0.2, -0.15) is 0 Å². The van der Waals surface area contributed by atoms with E-state index >= 15 is 0 Å². The average Bonchev–Trinajstić information content (AvgIpc) is 2.90. The average molecular weight is 578 g/mol. The minimum Gasteiger partial charge on any atom is -0.479 e. The smallest absolute Gasteiger partial charge is 0.336 e. The van der Waals surface area contributed by atoms with Crippen LogP contribution in [0.15, 0.2) is 0 Å². The van der Waals surface area contributed by atoms with E-state index in [1.54, 1.807) is 0 Å². The van der Waals surface area contributed by atoms with E-state index in [4.69, 9.17) is 4.74 Å². The molecule has 2 aliphatic rings. The first-order valence-electron chi connectivity index (χ1n) is 18.3. The molecular weight excluding hydrogens is 506 g/mol. The Labute approximate surface area is 255 Å². The third-order valence-electron chi connectivity index (χ3n) is 10.0. The minimum absolute atomic E-state index is 0.0407. The van der Waals surface area contributed by atoms with Gasteiger partial charge in [0, 0.05) is 17.0 Å². The van der Waals surface area contributed by atoms with E-state index in [2.05, 4.69) is 39.9 Å². The van der Waals surface area contributed by atoms with Gasteiger partial charge in [0.05, 0.1) is 6.10 Å². The van der Waals surface area contributed by atoms with Gasteiger partial charge >= 0.3 is 5.97 Å². The zero-order valence-electron chi connectivity index (χ0n) is 28.3. The van der Waals surface area contributed by atoms with Crippen LogP contribution in [0.2, 0.25) is 0 Å². The molecule has 0 amide bonds. The van der Waals surface area contributed by atoms with Crippen LogP contribution in [0.5, 0.6) is 0 Å². The summed E-state index contributed by atoms with van der Waals surface area (Å²) >= 11 is 0. The molecule has 2 N–H and O–H groups in total. The first-order valence-corrected chi connectivity index (χ1v) is 18.3. The van der Waals surface area contributed by atoms with Crippen molar-refractivity contribution in [1.82, 2.24) is 5.32 Å². The van der Waals surface area contributed by atoms with Crippen molar-refractivity contribution < 1.29 is 14.6 Å².